The molecule has 1 N–H and O–H groups in total. The number of hydrogen-bond donors (Lipinski definition) is 1. The molecule has 0 unspecified atom stereocenters. The maximum atomic E-state index is 13.7. The fraction of sp³-hybridized carbons (Fsp3) is 0.278. The van der Waals surface area contributed by atoms with E-state index in [0.29, 0.717) is 19.2 Å². The molecule has 0 atom stereocenters. The van der Waals surface area contributed by atoms with Crippen molar-refractivity contribution >= 4 is 33.2 Å². The second kappa shape index (κ2) is 8.60. The molecule has 0 spiro atoms. The van der Waals surface area contributed by atoms with E-state index in [9.17, 15) is 26.4 Å². The monoisotopic (exact) mass is 448 g/mol. The Morgan fingerprint density at radius 3 is 2.48 bits per heavy atom. The SMILES string of the molecule is O=C(COc1ccc(Cl)cc1S(=O)(=O)N1CCCC1)Nc1ccc(F)c(F)c1F. The summed E-state index contributed by atoms with van der Waals surface area (Å²) in [5.74, 6) is -5.67. The number of ether oxygens (including phenoxy) is 1. The van der Waals surface area contributed by atoms with Crippen LogP contribution in [0.25, 0.3) is 0 Å². The van der Waals surface area contributed by atoms with E-state index in [4.69, 9.17) is 16.3 Å². The summed E-state index contributed by atoms with van der Waals surface area (Å²) in [6.07, 6.45) is 1.47. The Bertz CT molecular complexity index is 1040. The van der Waals surface area contributed by atoms with Crippen LogP contribution in [0.3, 0.4) is 0 Å². The molecule has 0 radical (unpaired) electrons. The first-order valence-electron chi connectivity index (χ1n) is 8.56. The van der Waals surface area contributed by atoms with Crippen molar-refractivity contribution in [2.45, 2.75) is 17.7 Å². The van der Waals surface area contributed by atoms with Crippen LogP contribution >= 0.6 is 11.6 Å². The molecule has 1 aliphatic heterocycles. The highest BCUT2D eigenvalue weighted by Crippen LogP contribution is 2.31. The van der Waals surface area contributed by atoms with Crippen molar-refractivity contribution in [1.82, 2.24) is 4.31 Å². The molecule has 0 bridgehead atoms. The number of carbonyl (C=O) groups is 1. The van der Waals surface area contributed by atoms with E-state index in [1.165, 1.54) is 22.5 Å². The second-order valence-electron chi connectivity index (χ2n) is 6.26. The number of carbonyl (C=O) groups excluding carboxylic acids is 1. The third-order valence-electron chi connectivity index (χ3n) is 4.26. The van der Waals surface area contributed by atoms with Crippen LogP contribution in [0.1, 0.15) is 12.8 Å². The number of nitrogens with zero attached hydrogens (tertiary/aromatic N) is 1. The standard InChI is InChI=1S/C18H16ClF3N2O4S/c19-11-3-6-14(15(9-11)29(26,27)24-7-1-2-8-24)28-10-16(25)23-13-5-4-12(20)17(21)18(13)22/h3-6,9H,1-2,7-8,10H2,(H,23,25). The van der Waals surface area contributed by atoms with E-state index in [2.05, 4.69) is 0 Å². The maximum Gasteiger partial charge on any atom is 0.262 e. The molecule has 0 aliphatic carbocycles. The molecule has 0 aromatic heterocycles. The molecule has 1 fully saturated rings. The van der Waals surface area contributed by atoms with Crippen LogP contribution in [0.4, 0.5) is 18.9 Å². The fourth-order valence-corrected chi connectivity index (χ4v) is 4.73. The lowest BCUT2D eigenvalue weighted by Gasteiger charge is -2.18. The van der Waals surface area contributed by atoms with Gasteiger partial charge in [0.2, 0.25) is 10.0 Å². The number of halogens is 4. The highest BCUT2D eigenvalue weighted by atomic mass is 35.5. The zero-order valence-corrected chi connectivity index (χ0v) is 16.5. The number of amides is 1. The van der Waals surface area contributed by atoms with Crippen LogP contribution in [0.5, 0.6) is 5.75 Å². The van der Waals surface area contributed by atoms with Crippen LogP contribution in [0, 0.1) is 17.5 Å². The summed E-state index contributed by atoms with van der Waals surface area (Å²) in [6, 6.07) is 5.44. The van der Waals surface area contributed by atoms with Crippen LogP contribution in [0.2, 0.25) is 5.02 Å². The number of anilines is 1. The summed E-state index contributed by atoms with van der Waals surface area (Å²) in [5, 5.41) is 2.21. The van der Waals surface area contributed by atoms with E-state index >= 15 is 0 Å². The first-order valence-corrected chi connectivity index (χ1v) is 10.4. The third kappa shape index (κ3) is 4.65. The number of hydrogen-bond acceptors (Lipinski definition) is 4. The molecule has 2 aromatic rings. The van der Waals surface area contributed by atoms with Crippen molar-refractivity contribution < 1.29 is 31.1 Å². The molecule has 29 heavy (non-hydrogen) atoms. The number of benzene rings is 2. The minimum atomic E-state index is -3.87. The summed E-state index contributed by atoms with van der Waals surface area (Å²) < 4.78 is 72.1. The predicted octanol–water partition coefficient (Wildman–Crippen LogP) is 3.56. The Morgan fingerprint density at radius 2 is 1.79 bits per heavy atom. The Morgan fingerprint density at radius 1 is 1.10 bits per heavy atom. The highest BCUT2D eigenvalue weighted by Gasteiger charge is 2.30. The predicted molar refractivity (Wildman–Crippen MR) is 99.9 cm³/mol. The zero-order valence-electron chi connectivity index (χ0n) is 14.9. The van der Waals surface area contributed by atoms with E-state index in [1.54, 1.807) is 0 Å². The largest absolute Gasteiger partial charge is 0.482 e. The van der Waals surface area contributed by atoms with E-state index in [-0.39, 0.29) is 15.7 Å². The summed E-state index contributed by atoms with van der Waals surface area (Å²) >= 11 is 5.92. The van der Waals surface area contributed by atoms with Gasteiger partial charge in [-0.25, -0.2) is 21.6 Å². The summed E-state index contributed by atoms with van der Waals surface area (Å²) in [6.45, 7) is 0.0386. The van der Waals surface area contributed by atoms with Gasteiger partial charge in [-0.15, -0.1) is 0 Å². The molecule has 11 heteroatoms. The van der Waals surface area contributed by atoms with Crippen molar-refractivity contribution in [3.8, 4) is 5.75 Å². The van der Waals surface area contributed by atoms with Gasteiger partial charge in [0.1, 0.15) is 10.6 Å². The van der Waals surface area contributed by atoms with Gasteiger partial charge in [0.15, 0.2) is 24.1 Å². The summed E-state index contributed by atoms with van der Waals surface area (Å²) in [4.78, 5) is 11.8. The first kappa shape index (κ1) is 21.4. The van der Waals surface area contributed by atoms with Crippen LogP contribution in [-0.2, 0) is 14.8 Å². The lowest BCUT2D eigenvalue weighted by atomic mass is 10.3. The van der Waals surface area contributed by atoms with Gasteiger partial charge in [-0.3, -0.25) is 4.79 Å². The average Bonchev–Trinajstić information content (AvgIpc) is 3.23. The van der Waals surface area contributed by atoms with Gasteiger partial charge in [0.25, 0.3) is 5.91 Å². The quantitative estimate of drug-likeness (QED) is 0.686. The smallest absolute Gasteiger partial charge is 0.262 e. The highest BCUT2D eigenvalue weighted by molar-refractivity contribution is 7.89. The number of nitrogens with one attached hydrogen (secondary N) is 1. The van der Waals surface area contributed by atoms with Crippen molar-refractivity contribution in [3.63, 3.8) is 0 Å². The maximum absolute atomic E-state index is 13.7. The van der Waals surface area contributed by atoms with Gasteiger partial charge in [-0.1, -0.05) is 11.6 Å². The van der Waals surface area contributed by atoms with Gasteiger partial charge in [0, 0.05) is 18.1 Å². The number of sulfonamides is 1. The summed E-state index contributed by atoms with van der Waals surface area (Å²) in [5.41, 5.74) is -0.571. The number of rotatable bonds is 6. The summed E-state index contributed by atoms with van der Waals surface area (Å²) in [7, 11) is -3.87. The van der Waals surface area contributed by atoms with Crippen molar-refractivity contribution in [2.24, 2.45) is 0 Å². The molecule has 1 amide bonds. The van der Waals surface area contributed by atoms with E-state index in [0.717, 1.165) is 18.9 Å². The van der Waals surface area contributed by atoms with Crippen LogP contribution in [-0.4, -0.2) is 38.3 Å². The van der Waals surface area contributed by atoms with Crippen LogP contribution < -0.4 is 10.1 Å². The molecular formula is C18H16ClF3N2O4S. The van der Waals surface area contributed by atoms with Gasteiger partial charge in [0.05, 0.1) is 5.69 Å². The normalized spacial score (nSPS) is 14.8. The Kier molecular flexibility index (Phi) is 6.35. The van der Waals surface area contributed by atoms with Gasteiger partial charge in [-0.05, 0) is 43.2 Å². The average molecular weight is 449 g/mol. The molecule has 3 rings (SSSR count). The van der Waals surface area contributed by atoms with Crippen LogP contribution in [0.15, 0.2) is 35.2 Å². The van der Waals surface area contributed by atoms with E-state index in [1.807, 2.05) is 5.32 Å². The second-order valence-corrected chi connectivity index (χ2v) is 8.60. The lowest BCUT2D eigenvalue weighted by molar-refractivity contribution is -0.118. The van der Waals surface area contributed by atoms with Crippen molar-refractivity contribution in [2.75, 3.05) is 25.0 Å². The Balaban J connectivity index is 1.76. The zero-order chi connectivity index (χ0) is 21.2. The molecule has 6 nitrogen and oxygen atoms in total. The van der Waals surface area contributed by atoms with Gasteiger partial charge in [-0.2, -0.15) is 4.31 Å². The first-order chi connectivity index (χ1) is 13.7. The molecular weight excluding hydrogens is 433 g/mol. The van der Waals surface area contributed by atoms with Gasteiger partial charge < -0.3 is 10.1 Å². The molecule has 1 heterocycles. The minimum absolute atomic E-state index is 0.109. The lowest BCUT2D eigenvalue weighted by Crippen LogP contribution is -2.29. The molecule has 1 aliphatic rings. The Hall–Kier alpha value is -2.30. The topological polar surface area (TPSA) is 75.7 Å². The van der Waals surface area contributed by atoms with Gasteiger partial charge >= 0.3 is 0 Å². The van der Waals surface area contributed by atoms with Crippen molar-refractivity contribution in [3.05, 3.63) is 52.8 Å². The minimum Gasteiger partial charge on any atom is -0.482 e. The molecule has 2 aromatic carbocycles. The van der Waals surface area contributed by atoms with Crippen molar-refractivity contribution in [1.29, 1.82) is 0 Å². The molecule has 0 saturated carbocycles. The molecule has 1 saturated heterocycles. The fourth-order valence-electron chi connectivity index (χ4n) is 2.82. The van der Waals surface area contributed by atoms with E-state index < -0.39 is 45.7 Å². The molecule has 156 valence electrons. The third-order valence-corrected chi connectivity index (χ3v) is 6.41. The Labute approximate surface area is 170 Å².